The molecule has 0 aliphatic carbocycles. The molecule has 1 heterocycles. The van der Waals surface area contributed by atoms with Crippen molar-refractivity contribution in [2.45, 2.75) is 33.4 Å². The molecule has 1 aromatic heterocycles. The molecule has 0 fully saturated rings. The molecular weight excluding hydrogens is 275 g/mol. The second-order valence-electron chi connectivity index (χ2n) is 4.63. The van der Waals surface area contributed by atoms with Crippen molar-refractivity contribution in [2.24, 2.45) is 0 Å². The summed E-state index contributed by atoms with van der Waals surface area (Å²) in [5.74, 6) is 0.286. The summed E-state index contributed by atoms with van der Waals surface area (Å²) in [6.45, 7) is 7.07. The van der Waals surface area contributed by atoms with Crippen LogP contribution >= 0.6 is 11.3 Å². The van der Waals surface area contributed by atoms with Crippen LogP contribution in [0.15, 0.2) is 23.6 Å². The number of ether oxygens (including phenoxy) is 1. The van der Waals surface area contributed by atoms with Gasteiger partial charge in [-0.3, -0.25) is 0 Å². The van der Waals surface area contributed by atoms with Crippen LogP contribution in [-0.4, -0.2) is 11.5 Å². The lowest BCUT2D eigenvalue weighted by Crippen LogP contribution is -2.18. The largest absolute Gasteiger partial charge is 0.486 e. The molecule has 2 rings (SSSR count). The highest BCUT2D eigenvalue weighted by Crippen LogP contribution is 2.23. The highest BCUT2D eigenvalue weighted by Gasteiger charge is 2.11. The van der Waals surface area contributed by atoms with Crippen LogP contribution in [-0.2, 0) is 6.61 Å². The Bertz CT molecular complexity index is 571. The number of thiazole rings is 1. The molecule has 0 spiro atoms. The van der Waals surface area contributed by atoms with Crippen molar-refractivity contribution < 1.29 is 9.13 Å². The fourth-order valence-corrected chi connectivity index (χ4v) is 2.66. The predicted molar refractivity (Wildman–Crippen MR) is 79.7 cm³/mol. The lowest BCUT2D eigenvalue weighted by molar-refractivity contribution is 0.303. The van der Waals surface area contributed by atoms with E-state index in [2.05, 4.69) is 10.3 Å². The summed E-state index contributed by atoms with van der Waals surface area (Å²) < 4.78 is 19.6. The Morgan fingerprint density at radius 3 is 2.85 bits per heavy atom. The van der Waals surface area contributed by atoms with Gasteiger partial charge in [0.05, 0.1) is 0 Å². The first kappa shape index (κ1) is 14.9. The number of aromatic nitrogens is 1. The first-order valence-electron chi connectivity index (χ1n) is 6.66. The summed E-state index contributed by atoms with van der Waals surface area (Å²) in [7, 11) is 0. The molecule has 20 heavy (non-hydrogen) atoms. The van der Waals surface area contributed by atoms with Gasteiger partial charge in [0.15, 0.2) is 0 Å². The zero-order valence-electron chi connectivity index (χ0n) is 11.9. The molecule has 0 aliphatic rings. The van der Waals surface area contributed by atoms with Gasteiger partial charge in [0.2, 0.25) is 0 Å². The van der Waals surface area contributed by atoms with Crippen LogP contribution in [0, 0.1) is 12.7 Å². The quantitative estimate of drug-likeness (QED) is 0.879. The molecule has 3 nitrogen and oxygen atoms in total. The minimum atomic E-state index is -0.244. The molecule has 1 N–H and O–H groups in total. The third-order valence-corrected chi connectivity index (χ3v) is 3.92. The van der Waals surface area contributed by atoms with Gasteiger partial charge in [0, 0.05) is 28.7 Å². The van der Waals surface area contributed by atoms with E-state index in [4.69, 9.17) is 4.74 Å². The van der Waals surface area contributed by atoms with E-state index in [0.29, 0.717) is 17.9 Å². The molecule has 0 saturated heterocycles. The summed E-state index contributed by atoms with van der Waals surface area (Å²) >= 11 is 1.55. The van der Waals surface area contributed by atoms with E-state index in [1.165, 1.54) is 6.07 Å². The van der Waals surface area contributed by atoms with Crippen molar-refractivity contribution >= 4 is 11.3 Å². The second-order valence-corrected chi connectivity index (χ2v) is 5.58. The number of halogens is 1. The van der Waals surface area contributed by atoms with Gasteiger partial charge in [-0.15, -0.1) is 11.3 Å². The highest BCUT2D eigenvalue weighted by molar-refractivity contribution is 7.09. The summed E-state index contributed by atoms with van der Waals surface area (Å²) in [5.41, 5.74) is 1.64. The van der Waals surface area contributed by atoms with Crippen LogP contribution in [0.3, 0.4) is 0 Å². The molecular formula is C15H19FN2OS. The van der Waals surface area contributed by atoms with Gasteiger partial charge in [0.25, 0.3) is 0 Å². The molecule has 108 valence electrons. The minimum absolute atomic E-state index is 0.00402. The number of rotatable bonds is 6. The van der Waals surface area contributed by atoms with Gasteiger partial charge >= 0.3 is 0 Å². The number of hydrogen-bond acceptors (Lipinski definition) is 4. The van der Waals surface area contributed by atoms with E-state index in [1.807, 2.05) is 26.2 Å². The lowest BCUT2D eigenvalue weighted by Gasteiger charge is -2.14. The number of nitrogens with one attached hydrogen (secondary N) is 1. The van der Waals surface area contributed by atoms with Gasteiger partial charge in [-0.1, -0.05) is 13.0 Å². The summed E-state index contributed by atoms with van der Waals surface area (Å²) in [4.78, 5) is 4.31. The third kappa shape index (κ3) is 3.77. The molecule has 1 atom stereocenters. The van der Waals surface area contributed by atoms with Gasteiger partial charge < -0.3 is 10.1 Å². The number of hydrogen-bond donors (Lipinski definition) is 1. The van der Waals surface area contributed by atoms with Crippen LogP contribution in [0.4, 0.5) is 4.39 Å². The number of benzene rings is 1. The topological polar surface area (TPSA) is 34.1 Å². The molecule has 5 heteroatoms. The first-order valence-corrected chi connectivity index (χ1v) is 7.54. The monoisotopic (exact) mass is 294 g/mol. The van der Waals surface area contributed by atoms with Gasteiger partial charge in [0.1, 0.15) is 23.2 Å². The van der Waals surface area contributed by atoms with E-state index in [9.17, 15) is 4.39 Å². The van der Waals surface area contributed by atoms with Crippen LogP contribution in [0.1, 0.15) is 36.2 Å². The average Bonchev–Trinajstić information content (AvgIpc) is 2.82. The maximum absolute atomic E-state index is 14.0. The molecule has 0 saturated carbocycles. The molecule has 0 bridgehead atoms. The smallest absolute Gasteiger partial charge is 0.140 e. The maximum Gasteiger partial charge on any atom is 0.140 e. The van der Waals surface area contributed by atoms with E-state index < -0.39 is 0 Å². The Balaban J connectivity index is 2.01. The van der Waals surface area contributed by atoms with Crippen LogP contribution in [0.5, 0.6) is 5.75 Å². The third-order valence-electron chi connectivity index (χ3n) is 2.98. The summed E-state index contributed by atoms with van der Waals surface area (Å²) in [6, 6.07) is 5.00. The Hall–Kier alpha value is -1.46. The van der Waals surface area contributed by atoms with Gasteiger partial charge in [-0.25, -0.2) is 9.37 Å². The first-order chi connectivity index (χ1) is 9.60. The maximum atomic E-state index is 14.0. The van der Waals surface area contributed by atoms with E-state index in [1.54, 1.807) is 23.5 Å². The van der Waals surface area contributed by atoms with Crippen LogP contribution in [0.25, 0.3) is 0 Å². The average molecular weight is 294 g/mol. The van der Waals surface area contributed by atoms with Gasteiger partial charge in [-0.05, 0) is 26.5 Å². The molecule has 1 aromatic carbocycles. The van der Waals surface area contributed by atoms with Crippen LogP contribution in [0.2, 0.25) is 0 Å². The molecule has 0 radical (unpaired) electrons. The molecule has 2 aromatic rings. The lowest BCUT2D eigenvalue weighted by atomic mass is 10.1. The highest BCUT2D eigenvalue weighted by atomic mass is 32.1. The second kappa shape index (κ2) is 6.81. The SMILES string of the molecule is CCNC(C)c1ccc(OCc2nc(C)cs2)cc1F. The molecule has 0 amide bonds. The van der Waals surface area contributed by atoms with Gasteiger partial charge in [-0.2, -0.15) is 0 Å². The van der Waals surface area contributed by atoms with Crippen molar-refractivity contribution in [3.8, 4) is 5.75 Å². The zero-order chi connectivity index (χ0) is 14.5. The van der Waals surface area contributed by atoms with E-state index >= 15 is 0 Å². The Kier molecular flexibility index (Phi) is 5.09. The van der Waals surface area contributed by atoms with E-state index in [-0.39, 0.29) is 11.9 Å². The fraction of sp³-hybridized carbons (Fsp3) is 0.400. The Morgan fingerprint density at radius 2 is 2.25 bits per heavy atom. The molecule has 1 unspecified atom stereocenters. The zero-order valence-corrected chi connectivity index (χ0v) is 12.8. The van der Waals surface area contributed by atoms with Crippen molar-refractivity contribution in [1.29, 1.82) is 0 Å². The number of nitrogens with zero attached hydrogens (tertiary/aromatic N) is 1. The standard InChI is InChI=1S/C15H19FN2OS/c1-4-17-11(3)13-6-5-12(7-14(13)16)19-8-15-18-10(2)9-20-15/h5-7,9,11,17H,4,8H2,1-3H3. The fourth-order valence-electron chi connectivity index (χ4n) is 1.98. The summed E-state index contributed by atoms with van der Waals surface area (Å²) in [5, 5.41) is 6.06. The van der Waals surface area contributed by atoms with E-state index in [0.717, 1.165) is 17.2 Å². The normalized spacial score (nSPS) is 12.4. The van der Waals surface area contributed by atoms with Crippen molar-refractivity contribution in [1.82, 2.24) is 10.3 Å². The molecule has 0 aliphatic heterocycles. The Labute approximate surface area is 122 Å². The van der Waals surface area contributed by atoms with Crippen molar-refractivity contribution in [3.63, 3.8) is 0 Å². The summed E-state index contributed by atoms with van der Waals surface area (Å²) in [6.07, 6.45) is 0. The van der Waals surface area contributed by atoms with Crippen molar-refractivity contribution in [3.05, 3.63) is 45.7 Å². The minimum Gasteiger partial charge on any atom is -0.486 e. The predicted octanol–water partition coefficient (Wildman–Crippen LogP) is 3.84. The Morgan fingerprint density at radius 1 is 1.45 bits per heavy atom. The van der Waals surface area contributed by atoms with Crippen LogP contribution < -0.4 is 10.1 Å². The van der Waals surface area contributed by atoms with Crippen molar-refractivity contribution in [2.75, 3.05) is 6.54 Å². The number of aryl methyl sites for hydroxylation is 1.